The van der Waals surface area contributed by atoms with Gasteiger partial charge in [-0.3, -0.25) is 0 Å². The molecule has 248 valence electrons. The molecule has 4 nitrogen and oxygen atoms in total. The molecule has 0 unspecified atom stereocenters. The molecule has 2 heterocycles. The first-order valence-electron chi connectivity index (χ1n) is 17.8. The molecule has 53 heavy (non-hydrogen) atoms. The Morgan fingerprint density at radius 2 is 1.00 bits per heavy atom. The number of hydrogen-bond donors (Lipinski definition) is 0. The van der Waals surface area contributed by atoms with Crippen LogP contribution < -0.4 is 0 Å². The van der Waals surface area contributed by atoms with Crippen LogP contribution in [0.3, 0.4) is 0 Å². The van der Waals surface area contributed by atoms with E-state index in [1.807, 2.05) is 42.5 Å². The molecule has 10 rings (SSSR count). The molecule has 0 atom stereocenters. The lowest BCUT2D eigenvalue weighted by Crippen LogP contribution is -1.96. The van der Waals surface area contributed by atoms with E-state index in [4.69, 9.17) is 19.4 Å². The smallest absolute Gasteiger partial charge is 0.227 e. The molecule has 0 aliphatic carbocycles. The van der Waals surface area contributed by atoms with E-state index < -0.39 is 0 Å². The summed E-state index contributed by atoms with van der Waals surface area (Å²) in [5.74, 6) is 1.31. The molecule has 0 saturated heterocycles. The Morgan fingerprint density at radius 1 is 0.358 bits per heavy atom. The van der Waals surface area contributed by atoms with E-state index >= 15 is 0 Å². The van der Waals surface area contributed by atoms with E-state index in [0.717, 1.165) is 72.4 Å². The zero-order valence-corrected chi connectivity index (χ0v) is 28.6. The normalized spacial score (nSPS) is 11.4. The van der Waals surface area contributed by atoms with Crippen LogP contribution in [-0.4, -0.2) is 15.0 Å². The second-order valence-electron chi connectivity index (χ2n) is 13.2. The predicted octanol–water partition coefficient (Wildman–Crippen LogP) is 12.9. The summed E-state index contributed by atoms with van der Waals surface area (Å²) >= 11 is 0. The van der Waals surface area contributed by atoms with E-state index in [2.05, 4.69) is 146 Å². The van der Waals surface area contributed by atoms with Gasteiger partial charge in [0.15, 0.2) is 11.4 Å². The molecule has 0 radical (unpaired) electrons. The SMILES string of the molecule is c1ccc(-c2cc(-c3cccc(-c4c(-c5ccc6oc(-c7ccc8ccccc8c7)nc6c5)ccc5ccccc45)c3)nc(-c3ccccc3)n2)cc1. The Bertz CT molecular complexity index is 2890. The van der Waals surface area contributed by atoms with Crippen molar-refractivity contribution in [3.63, 3.8) is 0 Å². The Kier molecular flexibility index (Phi) is 7.43. The summed E-state index contributed by atoms with van der Waals surface area (Å²) in [7, 11) is 0. The first kappa shape index (κ1) is 30.6. The van der Waals surface area contributed by atoms with E-state index in [9.17, 15) is 0 Å². The van der Waals surface area contributed by atoms with Crippen molar-refractivity contribution >= 4 is 32.6 Å². The Labute approximate surface area is 306 Å². The predicted molar refractivity (Wildman–Crippen MR) is 217 cm³/mol. The quantitative estimate of drug-likeness (QED) is 0.176. The van der Waals surface area contributed by atoms with Gasteiger partial charge in [0.25, 0.3) is 0 Å². The summed E-state index contributed by atoms with van der Waals surface area (Å²) in [5.41, 5.74) is 11.8. The van der Waals surface area contributed by atoms with Crippen LogP contribution in [0.5, 0.6) is 0 Å². The average Bonchev–Trinajstić information content (AvgIpc) is 3.67. The fraction of sp³-hybridized carbons (Fsp3) is 0. The summed E-state index contributed by atoms with van der Waals surface area (Å²) in [6.07, 6.45) is 0. The largest absolute Gasteiger partial charge is 0.436 e. The molecule has 4 heteroatoms. The topological polar surface area (TPSA) is 51.8 Å². The van der Waals surface area contributed by atoms with Gasteiger partial charge in [0.2, 0.25) is 5.89 Å². The van der Waals surface area contributed by atoms with Crippen LogP contribution in [0.1, 0.15) is 0 Å². The van der Waals surface area contributed by atoms with Gasteiger partial charge >= 0.3 is 0 Å². The zero-order chi connectivity index (χ0) is 35.1. The summed E-state index contributed by atoms with van der Waals surface area (Å²) in [5, 5.41) is 4.70. The molecule has 0 fully saturated rings. The van der Waals surface area contributed by atoms with Gasteiger partial charge < -0.3 is 4.42 Å². The second-order valence-corrected chi connectivity index (χ2v) is 13.2. The summed E-state index contributed by atoms with van der Waals surface area (Å²) < 4.78 is 6.30. The van der Waals surface area contributed by atoms with Crippen LogP contribution in [0.2, 0.25) is 0 Å². The van der Waals surface area contributed by atoms with Crippen molar-refractivity contribution < 1.29 is 4.42 Å². The summed E-state index contributed by atoms with van der Waals surface area (Å²) in [6, 6.07) is 65.3. The molecule has 2 aromatic heterocycles. The van der Waals surface area contributed by atoms with Crippen molar-refractivity contribution in [2.45, 2.75) is 0 Å². The zero-order valence-electron chi connectivity index (χ0n) is 28.6. The monoisotopic (exact) mass is 677 g/mol. The molecule has 0 amide bonds. The van der Waals surface area contributed by atoms with E-state index in [1.54, 1.807) is 0 Å². The molecule has 0 bridgehead atoms. The molecular weight excluding hydrogens is 647 g/mol. The van der Waals surface area contributed by atoms with E-state index in [1.165, 1.54) is 16.2 Å². The van der Waals surface area contributed by atoms with Crippen LogP contribution in [0.4, 0.5) is 0 Å². The molecule has 0 aliphatic rings. The maximum atomic E-state index is 6.30. The number of aromatic nitrogens is 3. The van der Waals surface area contributed by atoms with Crippen LogP contribution in [0.15, 0.2) is 192 Å². The first-order valence-corrected chi connectivity index (χ1v) is 17.8. The number of oxazole rings is 1. The fourth-order valence-corrected chi connectivity index (χ4v) is 7.27. The van der Waals surface area contributed by atoms with E-state index in [0.29, 0.717) is 11.7 Å². The Morgan fingerprint density at radius 3 is 1.83 bits per heavy atom. The molecule has 10 aromatic rings. The van der Waals surface area contributed by atoms with Gasteiger partial charge in [0.05, 0.1) is 11.4 Å². The highest BCUT2D eigenvalue weighted by Gasteiger charge is 2.17. The summed E-state index contributed by atoms with van der Waals surface area (Å²) in [6.45, 7) is 0. The van der Waals surface area contributed by atoms with Crippen molar-refractivity contribution in [3.8, 4) is 67.6 Å². The minimum atomic E-state index is 0.615. The second kappa shape index (κ2) is 12.9. The highest BCUT2D eigenvalue weighted by atomic mass is 16.3. The highest BCUT2D eigenvalue weighted by Crippen LogP contribution is 2.41. The molecule has 0 N–H and O–H groups in total. The van der Waals surface area contributed by atoms with Crippen LogP contribution in [0, 0.1) is 0 Å². The number of nitrogens with zero attached hydrogens (tertiary/aromatic N) is 3. The third-order valence-corrected chi connectivity index (χ3v) is 9.90. The molecule has 0 spiro atoms. The third kappa shape index (κ3) is 5.73. The molecule has 0 saturated carbocycles. The molecular formula is C49H31N3O. The fourth-order valence-electron chi connectivity index (χ4n) is 7.27. The number of benzene rings is 8. The van der Waals surface area contributed by atoms with Crippen LogP contribution in [-0.2, 0) is 0 Å². The minimum Gasteiger partial charge on any atom is -0.436 e. The lowest BCUT2D eigenvalue weighted by Gasteiger charge is -2.15. The number of fused-ring (bicyclic) bond motifs is 3. The molecule has 0 aliphatic heterocycles. The van der Waals surface area contributed by atoms with Gasteiger partial charge in [0.1, 0.15) is 5.52 Å². The minimum absolute atomic E-state index is 0.615. The van der Waals surface area contributed by atoms with Gasteiger partial charge in [-0.25, -0.2) is 15.0 Å². The van der Waals surface area contributed by atoms with Crippen molar-refractivity contribution in [2.75, 3.05) is 0 Å². The van der Waals surface area contributed by atoms with Gasteiger partial charge in [-0.1, -0.05) is 152 Å². The maximum absolute atomic E-state index is 6.30. The Hall–Kier alpha value is -7.17. The highest BCUT2D eigenvalue weighted by molar-refractivity contribution is 6.05. The first-order chi connectivity index (χ1) is 26.2. The van der Waals surface area contributed by atoms with Gasteiger partial charge in [-0.05, 0) is 80.2 Å². The van der Waals surface area contributed by atoms with Crippen molar-refractivity contribution in [2.24, 2.45) is 0 Å². The van der Waals surface area contributed by atoms with Crippen molar-refractivity contribution in [3.05, 3.63) is 188 Å². The maximum Gasteiger partial charge on any atom is 0.227 e. The van der Waals surface area contributed by atoms with Crippen LogP contribution in [0.25, 0.3) is 100 Å². The van der Waals surface area contributed by atoms with Gasteiger partial charge in [-0.2, -0.15) is 0 Å². The van der Waals surface area contributed by atoms with E-state index in [-0.39, 0.29) is 0 Å². The molecule has 8 aromatic carbocycles. The van der Waals surface area contributed by atoms with Crippen LogP contribution >= 0.6 is 0 Å². The van der Waals surface area contributed by atoms with Crippen molar-refractivity contribution in [1.29, 1.82) is 0 Å². The standard InChI is InChI=1S/C49H31N3O/c1-3-14-34(15-4-1)43-31-44(51-48(50-43)35-16-5-2-6-17-35)38-19-11-20-39(29-38)47-41-21-10-9-13-33(41)24-26-42(47)37-25-27-46-45(30-37)52-49(53-46)40-23-22-32-12-7-8-18-36(32)28-40/h1-31H. The lowest BCUT2D eigenvalue weighted by molar-refractivity contribution is 0.620. The summed E-state index contributed by atoms with van der Waals surface area (Å²) in [4.78, 5) is 15.1. The number of rotatable bonds is 6. The van der Waals surface area contributed by atoms with Gasteiger partial charge in [-0.15, -0.1) is 0 Å². The number of hydrogen-bond acceptors (Lipinski definition) is 4. The third-order valence-electron chi connectivity index (χ3n) is 9.90. The lowest BCUT2D eigenvalue weighted by atomic mass is 9.89. The Balaban J connectivity index is 1.11. The van der Waals surface area contributed by atoms with Gasteiger partial charge in [0, 0.05) is 22.3 Å². The average molecular weight is 678 g/mol. The van der Waals surface area contributed by atoms with Crippen molar-refractivity contribution in [1.82, 2.24) is 15.0 Å².